The summed E-state index contributed by atoms with van der Waals surface area (Å²) in [4.78, 5) is 27.6. The second-order valence-corrected chi connectivity index (χ2v) is 7.31. The number of amides is 1. The van der Waals surface area contributed by atoms with Crippen molar-refractivity contribution in [3.63, 3.8) is 0 Å². The van der Waals surface area contributed by atoms with Crippen molar-refractivity contribution in [1.29, 1.82) is 0 Å². The number of benzene rings is 2. The summed E-state index contributed by atoms with van der Waals surface area (Å²) >= 11 is 0. The van der Waals surface area contributed by atoms with Gasteiger partial charge in [-0.2, -0.15) is 0 Å². The van der Waals surface area contributed by atoms with E-state index in [2.05, 4.69) is 22.3 Å². The minimum Gasteiger partial charge on any atom is -0.348 e. The van der Waals surface area contributed by atoms with Gasteiger partial charge in [-0.05, 0) is 37.6 Å². The highest BCUT2D eigenvalue weighted by molar-refractivity contribution is 6.45. The first kappa shape index (κ1) is 18.4. The van der Waals surface area contributed by atoms with E-state index in [1.807, 2.05) is 47.0 Å². The summed E-state index contributed by atoms with van der Waals surface area (Å²) in [5.74, 6) is -0.994. The molecule has 28 heavy (non-hydrogen) atoms. The van der Waals surface area contributed by atoms with Crippen molar-refractivity contribution in [3.8, 4) is 0 Å². The van der Waals surface area contributed by atoms with Gasteiger partial charge in [-0.15, -0.1) is 0 Å². The van der Waals surface area contributed by atoms with E-state index in [0.29, 0.717) is 18.7 Å². The van der Waals surface area contributed by atoms with Gasteiger partial charge < -0.3 is 14.8 Å². The topological polar surface area (TPSA) is 54.3 Å². The minimum absolute atomic E-state index is 0.463. The van der Waals surface area contributed by atoms with Crippen molar-refractivity contribution in [3.05, 3.63) is 71.9 Å². The van der Waals surface area contributed by atoms with Crippen LogP contribution < -0.4 is 5.32 Å². The third-order valence-corrected chi connectivity index (χ3v) is 5.35. The molecule has 2 heterocycles. The molecule has 0 saturated carbocycles. The number of hydrogen-bond acceptors (Lipinski definition) is 3. The first-order chi connectivity index (χ1) is 13.7. The van der Waals surface area contributed by atoms with Crippen LogP contribution >= 0.6 is 0 Å². The van der Waals surface area contributed by atoms with E-state index in [9.17, 15) is 9.59 Å². The number of nitrogens with zero attached hydrogens (tertiary/aromatic N) is 2. The Hall–Kier alpha value is -2.92. The number of Topliss-reactive ketones (excluding diaryl/α,β-unsaturated/α-hetero) is 1. The standard InChI is InChI=1S/C23H25N3O2/c27-22(23(28)24-12-15-25-13-6-7-14-25)20-17-26(16-18-8-2-1-3-9-18)21-11-5-4-10-19(20)21/h1-5,8-11,17H,6-7,12-16H2,(H,24,28). The summed E-state index contributed by atoms with van der Waals surface area (Å²) in [5, 5.41) is 3.61. The third kappa shape index (κ3) is 3.99. The van der Waals surface area contributed by atoms with E-state index in [4.69, 9.17) is 0 Å². The third-order valence-electron chi connectivity index (χ3n) is 5.35. The number of aromatic nitrogens is 1. The van der Waals surface area contributed by atoms with Crippen molar-refractivity contribution < 1.29 is 9.59 Å². The fourth-order valence-corrected chi connectivity index (χ4v) is 3.88. The summed E-state index contributed by atoms with van der Waals surface area (Å²) in [6.07, 6.45) is 4.24. The van der Waals surface area contributed by atoms with Crippen molar-refractivity contribution >= 4 is 22.6 Å². The van der Waals surface area contributed by atoms with Crippen LogP contribution in [0, 0.1) is 0 Å². The van der Waals surface area contributed by atoms with Crippen LogP contribution in [0.15, 0.2) is 60.8 Å². The molecule has 3 aromatic rings. The van der Waals surface area contributed by atoms with Crippen molar-refractivity contribution in [2.45, 2.75) is 19.4 Å². The molecule has 1 fully saturated rings. The monoisotopic (exact) mass is 375 g/mol. The predicted molar refractivity (Wildman–Crippen MR) is 110 cm³/mol. The highest BCUT2D eigenvalue weighted by Crippen LogP contribution is 2.23. The highest BCUT2D eigenvalue weighted by atomic mass is 16.2. The second kappa shape index (κ2) is 8.40. The smallest absolute Gasteiger partial charge is 0.292 e. The molecule has 0 aliphatic carbocycles. The maximum Gasteiger partial charge on any atom is 0.292 e. The SMILES string of the molecule is O=C(NCCN1CCCC1)C(=O)c1cn(Cc2ccccc2)c2ccccc12. The van der Waals surface area contributed by atoms with Gasteiger partial charge in [0, 0.05) is 36.7 Å². The zero-order chi connectivity index (χ0) is 19.3. The first-order valence-corrected chi connectivity index (χ1v) is 9.89. The summed E-state index contributed by atoms with van der Waals surface area (Å²) in [7, 11) is 0. The molecule has 144 valence electrons. The van der Waals surface area contributed by atoms with Crippen molar-refractivity contribution in [2.24, 2.45) is 0 Å². The fraction of sp³-hybridized carbons (Fsp3) is 0.304. The number of hydrogen-bond donors (Lipinski definition) is 1. The molecular formula is C23H25N3O2. The number of carbonyl (C=O) groups excluding carboxylic acids is 2. The number of para-hydroxylation sites is 1. The van der Waals surface area contributed by atoms with E-state index in [-0.39, 0.29) is 0 Å². The largest absolute Gasteiger partial charge is 0.348 e. The van der Waals surface area contributed by atoms with Gasteiger partial charge in [0.05, 0.1) is 5.56 Å². The van der Waals surface area contributed by atoms with Crippen LogP contribution in [0.1, 0.15) is 28.8 Å². The Kier molecular flexibility index (Phi) is 5.53. The fourth-order valence-electron chi connectivity index (χ4n) is 3.88. The van der Waals surface area contributed by atoms with Gasteiger partial charge in [0.2, 0.25) is 0 Å². The second-order valence-electron chi connectivity index (χ2n) is 7.31. The van der Waals surface area contributed by atoms with E-state index in [0.717, 1.165) is 36.1 Å². The van der Waals surface area contributed by atoms with Crippen LogP contribution in [0.3, 0.4) is 0 Å². The molecule has 1 amide bonds. The summed E-state index contributed by atoms with van der Waals surface area (Å²) < 4.78 is 2.04. The first-order valence-electron chi connectivity index (χ1n) is 9.89. The Morgan fingerprint density at radius 1 is 0.929 bits per heavy atom. The average molecular weight is 375 g/mol. The molecule has 1 aliphatic heterocycles. The number of rotatable bonds is 7. The van der Waals surface area contributed by atoms with Crippen molar-refractivity contribution in [1.82, 2.24) is 14.8 Å². The molecule has 0 radical (unpaired) electrons. The molecule has 1 aromatic heterocycles. The lowest BCUT2D eigenvalue weighted by molar-refractivity contribution is -0.117. The number of likely N-dealkylation sites (tertiary alicyclic amines) is 1. The Bertz CT molecular complexity index is 972. The van der Waals surface area contributed by atoms with E-state index >= 15 is 0 Å². The quantitative estimate of drug-likeness (QED) is 0.510. The minimum atomic E-state index is -0.526. The van der Waals surface area contributed by atoms with Gasteiger partial charge in [0.25, 0.3) is 11.7 Å². The van der Waals surface area contributed by atoms with Crippen LogP contribution in [-0.2, 0) is 11.3 Å². The molecule has 4 rings (SSSR count). The molecule has 1 saturated heterocycles. The van der Waals surface area contributed by atoms with Gasteiger partial charge in [-0.25, -0.2) is 0 Å². The number of nitrogens with one attached hydrogen (secondary N) is 1. The Balaban J connectivity index is 1.50. The average Bonchev–Trinajstić information content (AvgIpc) is 3.37. The summed E-state index contributed by atoms with van der Waals surface area (Å²) in [5.41, 5.74) is 2.57. The lowest BCUT2D eigenvalue weighted by atomic mass is 10.1. The van der Waals surface area contributed by atoms with Gasteiger partial charge in [0.15, 0.2) is 0 Å². The number of fused-ring (bicyclic) bond motifs is 1. The Labute approximate surface area is 165 Å². The number of ketones is 1. The summed E-state index contributed by atoms with van der Waals surface area (Å²) in [6.45, 7) is 4.13. The van der Waals surface area contributed by atoms with Crippen LogP contribution in [0.4, 0.5) is 0 Å². The molecule has 5 heteroatoms. The van der Waals surface area contributed by atoms with Crippen LogP contribution in [0.5, 0.6) is 0 Å². The molecule has 5 nitrogen and oxygen atoms in total. The lowest BCUT2D eigenvalue weighted by Gasteiger charge is -2.14. The molecule has 0 unspecified atom stereocenters. The van der Waals surface area contributed by atoms with Crippen LogP contribution in [-0.4, -0.2) is 47.3 Å². The molecule has 0 bridgehead atoms. The van der Waals surface area contributed by atoms with Crippen LogP contribution in [0.25, 0.3) is 10.9 Å². The van der Waals surface area contributed by atoms with E-state index < -0.39 is 11.7 Å². The molecule has 1 N–H and O–H groups in total. The maximum atomic E-state index is 12.8. The van der Waals surface area contributed by atoms with Gasteiger partial charge >= 0.3 is 0 Å². The molecular weight excluding hydrogens is 350 g/mol. The maximum absolute atomic E-state index is 12.8. The summed E-state index contributed by atoms with van der Waals surface area (Å²) in [6, 6.07) is 17.8. The molecule has 2 aromatic carbocycles. The Morgan fingerprint density at radius 3 is 2.43 bits per heavy atom. The predicted octanol–water partition coefficient (Wildman–Crippen LogP) is 3.08. The normalized spacial score (nSPS) is 14.4. The Morgan fingerprint density at radius 2 is 1.64 bits per heavy atom. The zero-order valence-corrected chi connectivity index (χ0v) is 15.9. The molecule has 0 spiro atoms. The van der Waals surface area contributed by atoms with E-state index in [1.54, 1.807) is 6.20 Å². The highest BCUT2D eigenvalue weighted by Gasteiger charge is 2.21. The van der Waals surface area contributed by atoms with Crippen molar-refractivity contribution in [2.75, 3.05) is 26.2 Å². The lowest BCUT2D eigenvalue weighted by Crippen LogP contribution is -2.37. The van der Waals surface area contributed by atoms with E-state index in [1.165, 1.54) is 12.8 Å². The van der Waals surface area contributed by atoms with Gasteiger partial charge in [-0.3, -0.25) is 9.59 Å². The zero-order valence-electron chi connectivity index (χ0n) is 15.9. The molecule has 0 atom stereocenters. The van der Waals surface area contributed by atoms with Gasteiger partial charge in [0.1, 0.15) is 0 Å². The molecule has 1 aliphatic rings. The van der Waals surface area contributed by atoms with Gasteiger partial charge in [-0.1, -0.05) is 48.5 Å². The van der Waals surface area contributed by atoms with Crippen LogP contribution in [0.2, 0.25) is 0 Å². The number of carbonyl (C=O) groups is 2.